The second-order valence-electron chi connectivity index (χ2n) is 14.1. The monoisotopic (exact) mass is 824 g/mol. The van der Waals surface area contributed by atoms with Crippen LogP contribution in [0.1, 0.15) is 64.4 Å². The molecule has 15 heteroatoms. The lowest BCUT2D eigenvalue weighted by molar-refractivity contribution is -0.164. The number of aromatic hydroxyl groups is 1. The molecule has 1 aliphatic rings. The number of carboxylic acid groups (broad SMARTS) is 2. The summed E-state index contributed by atoms with van der Waals surface area (Å²) in [7, 11) is 0. The fourth-order valence-electron chi connectivity index (χ4n) is 7.00. The predicted octanol–water partition coefficient (Wildman–Crippen LogP) is 4.16. The summed E-state index contributed by atoms with van der Waals surface area (Å²) in [6, 6.07) is 31.5. The zero-order valence-corrected chi connectivity index (χ0v) is 33.1. The lowest BCUT2D eigenvalue weighted by Crippen LogP contribution is -2.41. The van der Waals surface area contributed by atoms with Gasteiger partial charge in [-0.25, -0.2) is 4.79 Å². The molecule has 5 aromatic rings. The Labute approximate surface area is 347 Å². The van der Waals surface area contributed by atoms with E-state index in [1.807, 2.05) is 24.3 Å². The third kappa shape index (κ3) is 13.1. The minimum absolute atomic E-state index is 0.0633. The number of amides is 1. The van der Waals surface area contributed by atoms with E-state index in [1.54, 1.807) is 54.6 Å². The maximum atomic E-state index is 13.8. The number of nitrogens with zero attached hydrogens (tertiary/aromatic N) is 1. The highest BCUT2D eigenvalue weighted by Gasteiger charge is 2.42. The second kappa shape index (κ2) is 23.9. The zero-order valence-electron chi connectivity index (χ0n) is 33.1. The summed E-state index contributed by atoms with van der Waals surface area (Å²) >= 11 is 0. The SMILES string of the molecule is O=C(NCCCCNC[C@H](O)c1ccc(O)c2[nH]c(=O)ccc12)c1cccc(C(O)(C(=O)OCC2CCN(Cc3ccccc3)CC2)c2ccccc2)c1.O=CO.O=CO. The van der Waals surface area contributed by atoms with Crippen LogP contribution in [0.4, 0.5) is 0 Å². The van der Waals surface area contributed by atoms with Crippen molar-refractivity contribution in [3.63, 3.8) is 0 Å². The summed E-state index contributed by atoms with van der Waals surface area (Å²) in [6.07, 6.45) is 2.31. The number of hydrogen-bond donors (Lipinski definition) is 8. The molecule has 60 heavy (non-hydrogen) atoms. The standard InChI is InChI=1S/C43H48N4O7.2CH2O2/c48-37-18-16-35(36-17-19-39(50)46-40(36)37)38(49)27-44-22-7-8-23-45-41(51)32-12-9-15-34(26-32)43(53,33-13-5-2-6-14-33)42(52)54-29-31-20-24-47(25-21-31)28-30-10-3-1-4-11-30;2*2-1-3/h1-6,9-19,26,31,38,44,48-49,53H,7-8,20-25,27-29H2,(H,45,51)(H,46,50);2*1H,(H,2,3)/t38-,43?;;/m0../s1. The Morgan fingerprint density at radius 3 is 2.17 bits per heavy atom. The number of unbranched alkanes of at least 4 members (excludes halogenated alkanes) is 1. The van der Waals surface area contributed by atoms with Crippen molar-refractivity contribution in [2.75, 3.05) is 39.3 Å². The van der Waals surface area contributed by atoms with Crippen molar-refractivity contribution in [2.45, 2.75) is 43.9 Å². The molecule has 0 radical (unpaired) electrons. The number of fused-ring (bicyclic) bond motifs is 1. The van der Waals surface area contributed by atoms with E-state index in [9.17, 15) is 29.7 Å². The molecule has 8 N–H and O–H groups in total. The van der Waals surface area contributed by atoms with E-state index < -0.39 is 17.7 Å². The number of carbonyl (C=O) groups excluding carboxylic acids is 2. The van der Waals surface area contributed by atoms with Gasteiger partial charge in [0, 0.05) is 42.2 Å². The van der Waals surface area contributed by atoms with Crippen LogP contribution in [0, 0.1) is 5.92 Å². The molecule has 1 unspecified atom stereocenters. The number of pyridine rings is 1. The molecule has 2 atom stereocenters. The van der Waals surface area contributed by atoms with Crippen LogP contribution in [0.15, 0.2) is 114 Å². The number of aromatic nitrogens is 1. The molecule has 0 bridgehead atoms. The maximum Gasteiger partial charge on any atom is 0.347 e. The van der Waals surface area contributed by atoms with Gasteiger partial charge >= 0.3 is 5.97 Å². The number of hydrogen-bond acceptors (Lipinski definition) is 11. The fraction of sp³-hybridized carbons (Fsp3) is 0.311. The first-order chi connectivity index (χ1) is 29.0. The molecule has 6 rings (SSSR count). The molecule has 0 aliphatic carbocycles. The molecule has 0 spiro atoms. The number of phenols is 1. The van der Waals surface area contributed by atoms with Crippen molar-refractivity contribution in [2.24, 2.45) is 5.92 Å². The van der Waals surface area contributed by atoms with Crippen molar-refractivity contribution in [1.82, 2.24) is 20.5 Å². The van der Waals surface area contributed by atoms with Crippen LogP contribution in [-0.4, -0.2) is 99.6 Å². The Hall–Kier alpha value is -6.39. The number of esters is 1. The second-order valence-corrected chi connectivity index (χ2v) is 14.1. The molecule has 1 saturated heterocycles. The first kappa shape index (κ1) is 46.3. The van der Waals surface area contributed by atoms with Gasteiger partial charge in [0.1, 0.15) is 5.75 Å². The van der Waals surface area contributed by atoms with Crippen LogP contribution in [0.5, 0.6) is 5.75 Å². The van der Waals surface area contributed by atoms with Crippen molar-refractivity contribution in [1.29, 1.82) is 0 Å². The van der Waals surface area contributed by atoms with E-state index in [0.717, 1.165) is 38.9 Å². The summed E-state index contributed by atoms with van der Waals surface area (Å²) < 4.78 is 5.84. The van der Waals surface area contributed by atoms with Crippen LogP contribution < -0.4 is 16.2 Å². The first-order valence-corrected chi connectivity index (χ1v) is 19.5. The molecule has 1 aliphatic heterocycles. The quantitative estimate of drug-likeness (QED) is 0.0397. The number of likely N-dealkylation sites (tertiary alicyclic amines) is 1. The van der Waals surface area contributed by atoms with Gasteiger partial charge in [-0.15, -0.1) is 0 Å². The highest BCUT2D eigenvalue weighted by atomic mass is 16.5. The van der Waals surface area contributed by atoms with Gasteiger partial charge in [-0.1, -0.05) is 78.9 Å². The molecule has 318 valence electrons. The topological polar surface area (TPSA) is 239 Å². The van der Waals surface area contributed by atoms with Crippen LogP contribution in [0.3, 0.4) is 0 Å². The minimum atomic E-state index is -2.11. The Bertz CT molecular complexity index is 2170. The number of ether oxygens (including phenoxy) is 1. The average Bonchev–Trinajstić information content (AvgIpc) is 3.26. The Morgan fingerprint density at radius 1 is 0.850 bits per heavy atom. The molecule has 1 aromatic heterocycles. The number of carbonyl (C=O) groups is 4. The summed E-state index contributed by atoms with van der Waals surface area (Å²) in [5, 5.41) is 53.4. The van der Waals surface area contributed by atoms with E-state index in [4.69, 9.17) is 24.5 Å². The number of aliphatic hydroxyl groups is 2. The van der Waals surface area contributed by atoms with Crippen LogP contribution >= 0.6 is 0 Å². The van der Waals surface area contributed by atoms with Gasteiger partial charge in [0.25, 0.3) is 18.9 Å². The van der Waals surface area contributed by atoms with Crippen molar-refractivity contribution in [3.05, 3.63) is 147 Å². The van der Waals surface area contributed by atoms with Crippen molar-refractivity contribution in [3.8, 4) is 5.75 Å². The minimum Gasteiger partial charge on any atom is -0.506 e. The summed E-state index contributed by atoms with van der Waals surface area (Å²) in [5.41, 5.74) is 0.616. The molecule has 4 aromatic carbocycles. The predicted molar refractivity (Wildman–Crippen MR) is 224 cm³/mol. The molecular weight excluding hydrogens is 773 g/mol. The van der Waals surface area contributed by atoms with E-state index in [1.165, 1.54) is 23.8 Å². The highest BCUT2D eigenvalue weighted by molar-refractivity contribution is 5.95. The molecular formula is C45H52N4O11. The molecule has 15 nitrogen and oxygen atoms in total. The third-order valence-corrected chi connectivity index (χ3v) is 10.1. The van der Waals surface area contributed by atoms with Gasteiger partial charge in [0.2, 0.25) is 11.2 Å². The summed E-state index contributed by atoms with van der Waals surface area (Å²) in [5.74, 6) is -0.981. The number of benzene rings is 4. The van der Waals surface area contributed by atoms with Crippen LogP contribution in [-0.2, 0) is 31.3 Å². The normalized spacial score (nSPS) is 14.2. The van der Waals surface area contributed by atoms with Crippen LogP contribution in [0.25, 0.3) is 10.9 Å². The number of rotatable bonds is 16. The van der Waals surface area contributed by atoms with E-state index in [0.29, 0.717) is 41.6 Å². The van der Waals surface area contributed by atoms with Crippen LogP contribution in [0.2, 0.25) is 0 Å². The lowest BCUT2D eigenvalue weighted by atomic mass is 9.85. The highest BCUT2D eigenvalue weighted by Crippen LogP contribution is 2.33. The van der Waals surface area contributed by atoms with Gasteiger partial charge in [-0.05, 0) is 92.2 Å². The number of H-pyrrole nitrogens is 1. The smallest absolute Gasteiger partial charge is 0.347 e. The third-order valence-electron chi connectivity index (χ3n) is 10.1. The van der Waals surface area contributed by atoms with Gasteiger partial charge in [-0.2, -0.15) is 0 Å². The van der Waals surface area contributed by atoms with Gasteiger partial charge < -0.3 is 45.9 Å². The summed E-state index contributed by atoms with van der Waals surface area (Å²) in [6.45, 7) is 3.66. The number of aromatic amines is 1. The van der Waals surface area contributed by atoms with Gasteiger partial charge in [-0.3, -0.25) is 24.1 Å². The van der Waals surface area contributed by atoms with Crippen molar-refractivity contribution >= 4 is 35.7 Å². The lowest BCUT2D eigenvalue weighted by Gasteiger charge is -2.33. The molecule has 0 saturated carbocycles. The number of phenolic OH excluding ortho intramolecular Hbond substituents is 1. The number of piperidine rings is 1. The summed E-state index contributed by atoms with van der Waals surface area (Å²) in [4.78, 5) is 60.4. The average molecular weight is 825 g/mol. The first-order valence-electron chi connectivity index (χ1n) is 19.5. The zero-order chi connectivity index (χ0) is 43.3. The van der Waals surface area contributed by atoms with E-state index in [-0.39, 0.29) is 60.3 Å². The van der Waals surface area contributed by atoms with Gasteiger partial charge in [0.15, 0.2) is 0 Å². The Balaban J connectivity index is 0.00000125. The van der Waals surface area contributed by atoms with Crippen molar-refractivity contribution < 1.29 is 49.4 Å². The fourth-order valence-corrected chi connectivity index (χ4v) is 7.00. The molecule has 2 heterocycles. The van der Waals surface area contributed by atoms with E-state index >= 15 is 0 Å². The number of aliphatic hydroxyl groups excluding tert-OH is 1. The van der Waals surface area contributed by atoms with Gasteiger partial charge in [0.05, 0.1) is 18.2 Å². The maximum absolute atomic E-state index is 13.8. The Kier molecular flexibility index (Phi) is 18.4. The molecule has 1 fully saturated rings. The van der Waals surface area contributed by atoms with E-state index in [2.05, 4.69) is 32.7 Å². The number of nitrogens with one attached hydrogen (secondary N) is 3. The molecule has 1 amide bonds. The largest absolute Gasteiger partial charge is 0.506 e. The Morgan fingerprint density at radius 2 is 1.48 bits per heavy atom.